The second kappa shape index (κ2) is 8.04. The second-order valence-corrected chi connectivity index (χ2v) is 6.62. The summed E-state index contributed by atoms with van der Waals surface area (Å²) in [5.41, 5.74) is 3.54. The van der Waals surface area contributed by atoms with Crippen LogP contribution in [0.2, 0.25) is 15.1 Å². The van der Waals surface area contributed by atoms with Gasteiger partial charge < -0.3 is 4.74 Å². The highest BCUT2D eigenvalue weighted by molar-refractivity contribution is 6.43. The summed E-state index contributed by atoms with van der Waals surface area (Å²) in [6, 6.07) is 2.95. The fourth-order valence-electron chi connectivity index (χ4n) is 2.29. The van der Waals surface area contributed by atoms with Crippen LogP contribution in [0.15, 0.2) is 17.2 Å². The molecule has 0 radical (unpaired) electrons. The fraction of sp³-hybridized carbons (Fsp3) is 0.467. The lowest BCUT2D eigenvalue weighted by atomic mass is 9.89. The van der Waals surface area contributed by atoms with Gasteiger partial charge in [-0.2, -0.15) is 5.10 Å². The van der Waals surface area contributed by atoms with Gasteiger partial charge in [0.2, 0.25) is 0 Å². The molecule has 1 N–H and O–H groups in total. The molecule has 1 aromatic rings. The molecule has 1 atom stereocenters. The first kappa shape index (κ1) is 17.4. The predicted octanol–water partition coefficient (Wildman–Crippen LogP) is 4.71. The summed E-state index contributed by atoms with van der Waals surface area (Å²) in [6.45, 7) is 2.00. The van der Waals surface area contributed by atoms with E-state index in [1.165, 1.54) is 18.6 Å². The van der Waals surface area contributed by atoms with Crippen molar-refractivity contribution in [3.63, 3.8) is 0 Å². The lowest BCUT2D eigenvalue weighted by molar-refractivity contribution is -0.123. The Morgan fingerprint density at radius 1 is 1.32 bits per heavy atom. The molecule has 1 amide bonds. The van der Waals surface area contributed by atoms with Crippen molar-refractivity contribution in [3.8, 4) is 5.75 Å². The van der Waals surface area contributed by atoms with Crippen LogP contribution >= 0.6 is 34.8 Å². The molecule has 1 aromatic carbocycles. The minimum absolute atomic E-state index is 0.190. The number of hydrogen-bond donors (Lipinski definition) is 1. The lowest BCUT2D eigenvalue weighted by Crippen LogP contribution is -2.27. The zero-order valence-corrected chi connectivity index (χ0v) is 14.4. The molecular weight excluding hydrogens is 347 g/mol. The summed E-state index contributed by atoms with van der Waals surface area (Å²) < 4.78 is 5.34. The molecule has 4 nitrogen and oxygen atoms in total. The van der Waals surface area contributed by atoms with Gasteiger partial charge in [0.25, 0.3) is 5.91 Å². The van der Waals surface area contributed by atoms with E-state index in [1.54, 1.807) is 0 Å². The minimum Gasteiger partial charge on any atom is -0.482 e. The van der Waals surface area contributed by atoms with E-state index in [4.69, 9.17) is 39.5 Å². The smallest absolute Gasteiger partial charge is 0.277 e. The molecular formula is C15H17Cl3N2O2. The third-order valence-electron chi connectivity index (χ3n) is 3.42. The van der Waals surface area contributed by atoms with Crippen molar-refractivity contribution in [1.29, 1.82) is 0 Å². The zero-order valence-electron chi connectivity index (χ0n) is 12.2. The van der Waals surface area contributed by atoms with Gasteiger partial charge in [0.05, 0.1) is 15.1 Å². The molecule has 0 bridgehead atoms. The molecule has 1 fully saturated rings. The summed E-state index contributed by atoms with van der Waals surface area (Å²) in [5, 5.41) is 5.11. The van der Waals surface area contributed by atoms with Crippen LogP contribution in [0.3, 0.4) is 0 Å². The number of halogens is 3. The van der Waals surface area contributed by atoms with Crippen molar-refractivity contribution in [1.82, 2.24) is 5.43 Å². The van der Waals surface area contributed by atoms with Gasteiger partial charge in [-0.05, 0) is 37.7 Å². The van der Waals surface area contributed by atoms with Crippen molar-refractivity contribution in [2.75, 3.05) is 6.61 Å². The monoisotopic (exact) mass is 362 g/mol. The maximum atomic E-state index is 11.8. The van der Waals surface area contributed by atoms with Crippen LogP contribution in [0.1, 0.15) is 32.6 Å². The Labute approximate surface area is 144 Å². The molecule has 1 aliphatic rings. The molecule has 120 valence electrons. The van der Waals surface area contributed by atoms with Crippen LogP contribution in [0, 0.1) is 5.92 Å². The van der Waals surface area contributed by atoms with E-state index < -0.39 is 0 Å². The van der Waals surface area contributed by atoms with Gasteiger partial charge in [-0.1, -0.05) is 41.7 Å². The molecule has 1 unspecified atom stereocenters. The highest BCUT2D eigenvalue weighted by atomic mass is 35.5. The number of hydrogen-bond acceptors (Lipinski definition) is 3. The van der Waals surface area contributed by atoms with E-state index in [9.17, 15) is 4.79 Å². The zero-order chi connectivity index (χ0) is 16.1. The average molecular weight is 364 g/mol. The van der Waals surface area contributed by atoms with Crippen molar-refractivity contribution in [2.24, 2.45) is 11.0 Å². The highest BCUT2D eigenvalue weighted by Crippen LogP contribution is 2.33. The van der Waals surface area contributed by atoms with Gasteiger partial charge >= 0.3 is 0 Å². The molecule has 22 heavy (non-hydrogen) atoms. The highest BCUT2D eigenvalue weighted by Gasteiger charge is 2.14. The maximum absolute atomic E-state index is 11.8. The van der Waals surface area contributed by atoms with E-state index in [0.717, 1.165) is 25.0 Å². The Morgan fingerprint density at radius 2 is 2.05 bits per heavy atom. The molecule has 0 aliphatic heterocycles. The van der Waals surface area contributed by atoms with Gasteiger partial charge in [0, 0.05) is 11.8 Å². The number of nitrogens with zero attached hydrogens (tertiary/aromatic N) is 1. The van der Waals surface area contributed by atoms with E-state index in [2.05, 4.69) is 17.5 Å². The third-order valence-corrected chi connectivity index (χ3v) is 4.44. The van der Waals surface area contributed by atoms with E-state index >= 15 is 0 Å². The van der Waals surface area contributed by atoms with E-state index in [-0.39, 0.29) is 12.5 Å². The van der Waals surface area contributed by atoms with Crippen LogP contribution in [-0.2, 0) is 4.79 Å². The van der Waals surface area contributed by atoms with Crippen LogP contribution < -0.4 is 10.2 Å². The molecule has 2 rings (SSSR count). The molecule has 0 aromatic heterocycles. The molecule has 7 heteroatoms. The standard InChI is InChI=1S/C15H17Cl3N2O2/c1-9-3-2-4-10(5-9)19-20-15(21)8-22-14-7-12(17)11(16)6-13(14)18/h6-7,9H,2-5,8H2,1H3,(H,20,21)/b19-10+. The minimum atomic E-state index is -0.340. The molecule has 1 aliphatic carbocycles. The average Bonchev–Trinajstić information content (AvgIpc) is 2.47. The topological polar surface area (TPSA) is 50.7 Å². The Kier molecular flexibility index (Phi) is 6.36. The predicted molar refractivity (Wildman–Crippen MR) is 90.2 cm³/mol. The third kappa shape index (κ3) is 5.04. The number of nitrogens with one attached hydrogen (secondary N) is 1. The summed E-state index contributed by atoms with van der Waals surface area (Å²) in [7, 11) is 0. The number of rotatable bonds is 4. The number of benzene rings is 1. The summed E-state index contributed by atoms with van der Waals surface area (Å²) in [4.78, 5) is 11.8. The number of ether oxygens (including phenoxy) is 1. The molecule has 0 spiro atoms. The van der Waals surface area contributed by atoms with E-state index in [0.29, 0.717) is 26.7 Å². The Morgan fingerprint density at radius 3 is 2.77 bits per heavy atom. The van der Waals surface area contributed by atoms with Crippen LogP contribution in [0.5, 0.6) is 5.75 Å². The Hall–Kier alpha value is -0.970. The van der Waals surface area contributed by atoms with Crippen molar-refractivity contribution in [3.05, 3.63) is 27.2 Å². The van der Waals surface area contributed by atoms with Crippen LogP contribution in [-0.4, -0.2) is 18.2 Å². The van der Waals surface area contributed by atoms with Gasteiger partial charge in [0.1, 0.15) is 5.75 Å². The quantitative estimate of drug-likeness (QED) is 0.622. The van der Waals surface area contributed by atoms with Gasteiger partial charge in [-0.3, -0.25) is 4.79 Å². The molecule has 0 heterocycles. The van der Waals surface area contributed by atoms with Crippen molar-refractivity contribution < 1.29 is 9.53 Å². The number of carbonyl (C=O) groups is 1. The SMILES string of the molecule is CC1CCC/C(=N\NC(=O)COc2cc(Cl)c(Cl)cc2Cl)C1. The van der Waals surface area contributed by atoms with Gasteiger partial charge in [-0.15, -0.1) is 0 Å². The van der Waals surface area contributed by atoms with Gasteiger partial charge in [-0.25, -0.2) is 5.43 Å². The number of carbonyl (C=O) groups excluding carboxylic acids is 1. The first-order valence-electron chi connectivity index (χ1n) is 7.07. The molecule has 1 saturated carbocycles. The largest absolute Gasteiger partial charge is 0.482 e. The normalized spacial score (nSPS) is 20.0. The summed E-state index contributed by atoms with van der Waals surface area (Å²) in [5.74, 6) is 0.591. The molecule has 0 saturated heterocycles. The lowest BCUT2D eigenvalue weighted by Gasteiger charge is -2.18. The second-order valence-electron chi connectivity index (χ2n) is 5.40. The first-order valence-corrected chi connectivity index (χ1v) is 8.20. The summed E-state index contributed by atoms with van der Waals surface area (Å²) in [6.07, 6.45) is 4.20. The maximum Gasteiger partial charge on any atom is 0.277 e. The Bertz CT molecular complexity index is 590. The van der Waals surface area contributed by atoms with Crippen LogP contribution in [0.4, 0.5) is 0 Å². The van der Waals surface area contributed by atoms with E-state index in [1.807, 2.05) is 0 Å². The fourth-order valence-corrected chi connectivity index (χ4v) is 2.89. The van der Waals surface area contributed by atoms with Gasteiger partial charge in [0.15, 0.2) is 6.61 Å². The number of amides is 1. The summed E-state index contributed by atoms with van der Waals surface area (Å²) >= 11 is 17.7. The van der Waals surface area contributed by atoms with Crippen LogP contribution in [0.25, 0.3) is 0 Å². The number of hydrazone groups is 1. The first-order chi connectivity index (χ1) is 10.5. The Balaban J connectivity index is 1.85. The van der Waals surface area contributed by atoms with Crippen molar-refractivity contribution in [2.45, 2.75) is 32.6 Å². The van der Waals surface area contributed by atoms with Crippen molar-refractivity contribution >= 4 is 46.4 Å².